The number of amides is 1. The predicted molar refractivity (Wildman–Crippen MR) is 92.6 cm³/mol. The summed E-state index contributed by atoms with van der Waals surface area (Å²) >= 11 is 1.44. The highest BCUT2D eigenvalue weighted by molar-refractivity contribution is 7.98. The van der Waals surface area contributed by atoms with E-state index in [-0.39, 0.29) is 12.3 Å². The molecule has 1 amide bonds. The lowest BCUT2D eigenvalue weighted by Crippen LogP contribution is -2.12. The maximum absolute atomic E-state index is 10.9. The molecule has 2 heterocycles. The molecule has 0 bridgehead atoms. The number of carbonyl (C=O) groups is 1. The second-order valence-electron chi connectivity index (χ2n) is 5.54. The van der Waals surface area contributed by atoms with E-state index in [4.69, 9.17) is 10.3 Å². The third-order valence-corrected chi connectivity index (χ3v) is 4.70. The van der Waals surface area contributed by atoms with Crippen molar-refractivity contribution < 1.29 is 9.32 Å². The Morgan fingerprint density at radius 2 is 2.12 bits per heavy atom. The Bertz CT molecular complexity index is 888. The minimum absolute atomic E-state index is 0.250. The van der Waals surface area contributed by atoms with Crippen molar-refractivity contribution in [3.8, 4) is 11.4 Å². The molecule has 0 aliphatic carbocycles. The van der Waals surface area contributed by atoms with E-state index in [1.54, 1.807) is 0 Å². The topological polar surface area (TPSA) is 113 Å². The summed E-state index contributed by atoms with van der Waals surface area (Å²) in [5.41, 5.74) is 7.21. The minimum atomic E-state index is -0.355. The molecule has 0 saturated carbocycles. The number of rotatable bonds is 7. The van der Waals surface area contributed by atoms with Crippen LogP contribution < -0.4 is 5.73 Å². The number of primary amides is 1. The second-order valence-corrected chi connectivity index (χ2v) is 6.48. The first-order valence-corrected chi connectivity index (χ1v) is 8.71. The number of nitrogens with zero attached hydrogens (tertiary/aromatic N) is 5. The van der Waals surface area contributed by atoms with E-state index in [1.165, 1.54) is 11.8 Å². The lowest BCUT2D eigenvalue weighted by Gasteiger charge is -2.01. The zero-order chi connectivity index (χ0) is 17.8. The van der Waals surface area contributed by atoms with Gasteiger partial charge in [-0.25, -0.2) is 0 Å². The summed E-state index contributed by atoms with van der Waals surface area (Å²) in [7, 11) is 1.85. The van der Waals surface area contributed by atoms with Crippen molar-refractivity contribution in [1.29, 1.82) is 0 Å². The average molecular weight is 358 g/mol. The summed E-state index contributed by atoms with van der Waals surface area (Å²) in [6.07, 6.45) is 0.720. The molecule has 130 valence electrons. The molecule has 0 spiro atoms. The van der Waals surface area contributed by atoms with Gasteiger partial charge in [-0.1, -0.05) is 41.2 Å². The number of hydrogen-bond donors (Lipinski definition) is 1. The van der Waals surface area contributed by atoms with Crippen LogP contribution >= 0.6 is 11.8 Å². The molecule has 0 aliphatic heterocycles. The third-order valence-electron chi connectivity index (χ3n) is 3.70. The van der Waals surface area contributed by atoms with Crippen LogP contribution in [-0.4, -0.2) is 30.8 Å². The number of benzene rings is 1. The van der Waals surface area contributed by atoms with Gasteiger partial charge >= 0.3 is 0 Å². The van der Waals surface area contributed by atoms with Gasteiger partial charge in [0.1, 0.15) is 5.82 Å². The van der Waals surface area contributed by atoms with Gasteiger partial charge < -0.3 is 14.8 Å². The fourth-order valence-electron chi connectivity index (χ4n) is 2.30. The first-order chi connectivity index (χ1) is 12.0. The lowest BCUT2D eigenvalue weighted by atomic mass is 10.1. The van der Waals surface area contributed by atoms with Gasteiger partial charge in [-0.3, -0.25) is 4.79 Å². The number of aryl methyl sites for hydroxylation is 2. The molecule has 3 rings (SSSR count). The van der Waals surface area contributed by atoms with Crippen molar-refractivity contribution in [2.45, 2.75) is 30.7 Å². The number of nitrogens with two attached hydrogens (primary N) is 1. The van der Waals surface area contributed by atoms with Crippen LogP contribution in [0.4, 0.5) is 0 Å². The highest BCUT2D eigenvalue weighted by Crippen LogP contribution is 2.24. The van der Waals surface area contributed by atoms with Gasteiger partial charge in [0, 0.05) is 25.5 Å². The molecule has 2 N–H and O–H groups in total. The van der Waals surface area contributed by atoms with E-state index in [0.717, 1.165) is 16.3 Å². The molecule has 2 aromatic heterocycles. The van der Waals surface area contributed by atoms with Gasteiger partial charge in [0.2, 0.25) is 17.6 Å². The van der Waals surface area contributed by atoms with E-state index in [9.17, 15) is 4.79 Å². The number of aromatic nitrogens is 5. The van der Waals surface area contributed by atoms with E-state index < -0.39 is 0 Å². The summed E-state index contributed by atoms with van der Waals surface area (Å²) < 4.78 is 7.16. The first-order valence-electron chi connectivity index (χ1n) is 7.72. The Labute approximate surface area is 148 Å². The van der Waals surface area contributed by atoms with Gasteiger partial charge in [0.25, 0.3) is 0 Å². The first kappa shape index (κ1) is 17.2. The molecule has 0 atom stereocenters. The summed E-state index contributed by atoms with van der Waals surface area (Å²) in [5.74, 6) is 1.94. The molecule has 25 heavy (non-hydrogen) atoms. The normalized spacial score (nSPS) is 11.0. The van der Waals surface area contributed by atoms with Crippen LogP contribution in [0.25, 0.3) is 11.4 Å². The molecule has 0 radical (unpaired) electrons. The van der Waals surface area contributed by atoms with Crippen LogP contribution in [0.2, 0.25) is 0 Å². The lowest BCUT2D eigenvalue weighted by molar-refractivity contribution is -0.118. The fourth-order valence-corrected chi connectivity index (χ4v) is 3.06. The smallest absolute Gasteiger partial charge is 0.237 e. The monoisotopic (exact) mass is 358 g/mol. The van der Waals surface area contributed by atoms with Crippen molar-refractivity contribution >= 4 is 17.7 Å². The van der Waals surface area contributed by atoms with Crippen LogP contribution in [0.15, 0.2) is 33.9 Å². The van der Waals surface area contributed by atoms with Gasteiger partial charge in [-0.15, -0.1) is 10.2 Å². The van der Waals surface area contributed by atoms with Crippen molar-refractivity contribution in [1.82, 2.24) is 24.9 Å². The molecule has 9 heteroatoms. The van der Waals surface area contributed by atoms with E-state index in [1.807, 2.05) is 42.8 Å². The Morgan fingerprint density at radius 3 is 2.88 bits per heavy atom. The molecule has 1 aromatic carbocycles. The molecule has 0 fully saturated rings. The molecule has 0 unspecified atom stereocenters. The maximum Gasteiger partial charge on any atom is 0.237 e. The van der Waals surface area contributed by atoms with E-state index in [0.29, 0.717) is 29.7 Å². The molecular formula is C16H18N6O2S. The quantitative estimate of drug-likeness (QED) is 0.642. The summed E-state index contributed by atoms with van der Waals surface area (Å²) in [4.78, 5) is 15.3. The van der Waals surface area contributed by atoms with Gasteiger partial charge in [-0.2, -0.15) is 4.98 Å². The van der Waals surface area contributed by atoms with Crippen LogP contribution in [0, 0.1) is 6.92 Å². The third kappa shape index (κ3) is 4.05. The molecular weight excluding hydrogens is 340 g/mol. The SMILES string of the molecule is Cc1ccccc1-c1noc(CSc2nnc(CCC(N)=O)n2C)n1. The average Bonchev–Trinajstić information content (AvgIpc) is 3.18. The Morgan fingerprint density at radius 1 is 1.32 bits per heavy atom. The van der Waals surface area contributed by atoms with Crippen LogP contribution in [0.5, 0.6) is 0 Å². The fraction of sp³-hybridized carbons (Fsp3) is 0.312. The number of thioether (sulfide) groups is 1. The van der Waals surface area contributed by atoms with Crippen molar-refractivity contribution in [2.24, 2.45) is 12.8 Å². The highest BCUT2D eigenvalue weighted by atomic mass is 32.2. The zero-order valence-electron chi connectivity index (χ0n) is 14.0. The van der Waals surface area contributed by atoms with Crippen LogP contribution in [-0.2, 0) is 24.0 Å². The maximum atomic E-state index is 10.9. The molecule has 0 aliphatic rings. The van der Waals surface area contributed by atoms with Gasteiger partial charge in [0.05, 0.1) is 5.75 Å². The Balaban J connectivity index is 1.65. The molecule has 8 nitrogen and oxygen atoms in total. The van der Waals surface area contributed by atoms with Gasteiger partial charge in [0.15, 0.2) is 5.16 Å². The zero-order valence-corrected chi connectivity index (χ0v) is 14.8. The Hall–Kier alpha value is -2.68. The summed E-state index contributed by atoms with van der Waals surface area (Å²) in [6.45, 7) is 2.01. The van der Waals surface area contributed by atoms with Crippen molar-refractivity contribution in [3.63, 3.8) is 0 Å². The molecule has 3 aromatic rings. The van der Waals surface area contributed by atoms with Crippen molar-refractivity contribution in [2.75, 3.05) is 0 Å². The predicted octanol–water partition coefficient (Wildman–Crippen LogP) is 1.88. The van der Waals surface area contributed by atoms with Crippen molar-refractivity contribution in [3.05, 3.63) is 41.5 Å². The van der Waals surface area contributed by atoms with E-state index >= 15 is 0 Å². The number of carbonyl (C=O) groups excluding carboxylic acids is 1. The van der Waals surface area contributed by atoms with Gasteiger partial charge in [-0.05, 0) is 12.5 Å². The standard InChI is InChI=1S/C16H18N6O2S/c1-10-5-3-4-6-11(10)15-18-14(24-21-15)9-25-16-20-19-13(22(16)2)8-7-12(17)23/h3-6H,7-9H2,1-2H3,(H2,17,23). The minimum Gasteiger partial charge on any atom is -0.370 e. The molecule has 0 saturated heterocycles. The van der Waals surface area contributed by atoms with E-state index in [2.05, 4.69) is 20.3 Å². The highest BCUT2D eigenvalue weighted by Gasteiger charge is 2.14. The number of hydrogen-bond acceptors (Lipinski definition) is 7. The summed E-state index contributed by atoms with van der Waals surface area (Å²) in [6, 6.07) is 7.89. The Kier molecular flexibility index (Phi) is 5.13. The van der Waals surface area contributed by atoms with Crippen LogP contribution in [0.3, 0.4) is 0 Å². The largest absolute Gasteiger partial charge is 0.370 e. The summed E-state index contributed by atoms with van der Waals surface area (Å²) in [5, 5.41) is 13.0. The second kappa shape index (κ2) is 7.47. The van der Waals surface area contributed by atoms with Crippen LogP contribution in [0.1, 0.15) is 23.7 Å².